The number of carbonyl (C=O) groups is 1. The smallest absolute Gasteiger partial charge is 0.316 e. The van der Waals surface area contributed by atoms with Gasteiger partial charge in [0.05, 0.1) is 34.3 Å². The monoisotopic (exact) mass is 343 g/mol. The van der Waals surface area contributed by atoms with E-state index in [1.54, 1.807) is 17.5 Å². The highest BCUT2D eigenvalue weighted by Gasteiger charge is 2.33. The summed E-state index contributed by atoms with van der Waals surface area (Å²) in [5.74, 6) is 1.23. The van der Waals surface area contributed by atoms with Gasteiger partial charge in [-0.1, -0.05) is 0 Å². The molecule has 3 heterocycles. The van der Waals surface area contributed by atoms with Crippen molar-refractivity contribution in [3.8, 4) is 0 Å². The number of urea groups is 1. The summed E-state index contributed by atoms with van der Waals surface area (Å²) < 4.78 is 0. The number of hydrogen-bond donors (Lipinski definition) is 1. The van der Waals surface area contributed by atoms with Crippen molar-refractivity contribution in [3.05, 3.63) is 33.8 Å². The summed E-state index contributed by atoms with van der Waals surface area (Å²) >= 11 is 1.64. The second-order valence-corrected chi connectivity index (χ2v) is 7.63. The lowest BCUT2D eigenvalue weighted by Crippen LogP contribution is -2.35. The van der Waals surface area contributed by atoms with E-state index >= 15 is 0 Å². The number of anilines is 1. The number of rotatable bonds is 3. The van der Waals surface area contributed by atoms with E-state index < -0.39 is 0 Å². The molecule has 7 heteroatoms. The molecule has 2 amide bonds. The third-order valence-electron chi connectivity index (χ3n) is 4.64. The Balaban J connectivity index is 1.53. The Morgan fingerprint density at radius 3 is 2.83 bits per heavy atom. The zero-order valence-electron chi connectivity index (χ0n) is 14.0. The van der Waals surface area contributed by atoms with Crippen molar-refractivity contribution < 1.29 is 4.79 Å². The number of aryl methyl sites for hydroxylation is 2. The highest BCUT2D eigenvalue weighted by Crippen LogP contribution is 2.42. The van der Waals surface area contributed by atoms with Crippen LogP contribution in [0.15, 0.2) is 11.6 Å². The average Bonchev–Trinajstić information content (AvgIpc) is 3.12. The van der Waals surface area contributed by atoms with Gasteiger partial charge >= 0.3 is 6.03 Å². The quantitative estimate of drug-likeness (QED) is 0.920. The Morgan fingerprint density at radius 2 is 2.12 bits per heavy atom. The minimum absolute atomic E-state index is 0.0718. The Kier molecular flexibility index (Phi) is 3.96. The normalized spacial score (nSPS) is 20.4. The maximum atomic E-state index is 12.8. The number of nitrogens with zero attached hydrogens (tertiary/aromatic N) is 4. The molecule has 1 aliphatic carbocycles. The van der Waals surface area contributed by atoms with Gasteiger partial charge in [0.1, 0.15) is 5.82 Å². The van der Waals surface area contributed by atoms with E-state index in [1.807, 2.05) is 18.7 Å². The van der Waals surface area contributed by atoms with Crippen molar-refractivity contribution >= 4 is 23.1 Å². The van der Waals surface area contributed by atoms with Crippen molar-refractivity contribution in [1.29, 1.82) is 0 Å². The van der Waals surface area contributed by atoms with Gasteiger partial charge in [-0.2, -0.15) is 0 Å². The molecule has 1 saturated heterocycles. The molecule has 2 aliphatic rings. The molecule has 126 valence electrons. The lowest BCUT2D eigenvalue weighted by molar-refractivity contribution is 0.206. The second-order valence-electron chi connectivity index (χ2n) is 6.56. The highest BCUT2D eigenvalue weighted by molar-refractivity contribution is 7.09. The van der Waals surface area contributed by atoms with Crippen molar-refractivity contribution in [3.63, 3.8) is 0 Å². The van der Waals surface area contributed by atoms with Crippen molar-refractivity contribution in [2.24, 2.45) is 0 Å². The molecule has 0 aromatic carbocycles. The third-order valence-corrected chi connectivity index (χ3v) is 5.43. The summed E-state index contributed by atoms with van der Waals surface area (Å²) in [6.07, 6.45) is 6.00. The molecule has 0 radical (unpaired) electrons. The Labute approximate surface area is 145 Å². The summed E-state index contributed by atoms with van der Waals surface area (Å²) in [5, 5.41) is 6.15. The van der Waals surface area contributed by atoms with E-state index in [2.05, 4.69) is 25.6 Å². The van der Waals surface area contributed by atoms with E-state index in [-0.39, 0.29) is 12.1 Å². The molecule has 24 heavy (non-hydrogen) atoms. The second kappa shape index (κ2) is 6.12. The van der Waals surface area contributed by atoms with E-state index in [0.717, 1.165) is 60.1 Å². The molecule has 2 fully saturated rings. The third kappa shape index (κ3) is 3.00. The predicted molar refractivity (Wildman–Crippen MR) is 93.3 cm³/mol. The van der Waals surface area contributed by atoms with Crippen LogP contribution in [-0.4, -0.2) is 32.4 Å². The topological polar surface area (TPSA) is 71.0 Å². The number of hydrogen-bond acceptors (Lipinski definition) is 5. The lowest BCUT2D eigenvalue weighted by atomic mass is 10.2. The number of nitrogens with one attached hydrogen (secondary N) is 1. The maximum Gasteiger partial charge on any atom is 0.322 e. The lowest BCUT2D eigenvalue weighted by Gasteiger charge is -2.24. The molecule has 1 N–H and O–H groups in total. The summed E-state index contributed by atoms with van der Waals surface area (Å²) in [6.45, 7) is 4.65. The molecule has 0 spiro atoms. The zero-order chi connectivity index (χ0) is 16.7. The molecule has 6 nitrogen and oxygen atoms in total. The molecule has 2 aromatic rings. The summed E-state index contributed by atoms with van der Waals surface area (Å²) in [4.78, 5) is 28.1. The van der Waals surface area contributed by atoms with E-state index in [0.29, 0.717) is 5.92 Å². The number of amides is 2. The molecule has 4 rings (SSSR count). The Bertz CT molecular complexity index is 770. The van der Waals surface area contributed by atoms with E-state index in [9.17, 15) is 4.79 Å². The fourth-order valence-electron chi connectivity index (χ4n) is 3.29. The van der Waals surface area contributed by atoms with Crippen LogP contribution >= 0.6 is 11.3 Å². The van der Waals surface area contributed by atoms with Crippen LogP contribution in [0.25, 0.3) is 0 Å². The Morgan fingerprint density at radius 1 is 1.29 bits per heavy atom. The maximum absolute atomic E-state index is 12.8. The predicted octanol–water partition coefficient (Wildman–Crippen LogP) is 3.80. The first-order valence-corrected chi connectivity index (χ1v) is 9.33. The Hall–Kier alpha value is -2.02. The number of likely N-dealkylation sites (tertiary alicyclic amines) is 1. The van der Waals surface area contributed by atoms with Crippen LogP contribution in [0.1, 0.15) is 59.9 Å². The zero-order valence-corrected chi connectivity index (χ0v) is 14.8. The van der Waals surface area contributed by atoms with Gasteiger partial charge in [0.15, 0.2) is 0 Å². The van der Waals surface area contributed by atoms with Gasteiger partial charge in [-0.25, -0.2) is 19.7 Å². The summed E-state index contributed by atoms with van der Waals surface area (Å²) in [6, 6.07) is 0.00296. The number of aromatic nitrogens is 3. The van der Waals surface area contributed by atoms with E-state index in [4.69, 9.17) is 0 Å². The standard InChI is InChI=1S/C17H21N5OS/c1-10-18-8-13(16(19-10)12-5-6-12)21-17(23)22-7-3-4-15(22)14-9-24-11(2)20-14/h8-9,12,15H,3-7H2,1-2H3,(H,21,23)/t15-/m0/s1. The van der Waals surface area contributed by atoms with Crippen LogP contribution < -0.4 is 5.32 Å². The molecule has 2 aromatic heterocycles. The van der Waals surface area contributed by atoms with Gasteiger partial charge in [-0.15, -0.1) is 11.3 Å². The molecule has 0 bridgehead atoms. The van der Waals surface area contributed by atoms with Gasteiger partial charge in [0.2, 0.25) is 0 Å². The van der Waals surface area contributed by atoms with Crippen molar-refractivity contribution in [1.82, 2.24) is 19.9 Å². The number of carbonyl (C=O) groups excluding carboxylic acids is 1. The molecule has 1 aliphatic heterocycles. The fraction of sp³-hybridized carbons (Fsp3) is 0.529. The van der Waals surface area contributed by atoms with Gasteiger partial charge in [-0.05, 0) is 39.5 Å². The first-order chi connectivity index (χ1) is 11.6. The minimum Gasteiger partial charge on any atom is -0.316 e. The van der Waals surface area contributed by atoms with Crippen molar-refractivity contribution in [2.45, 2.75) is 51.5 Å². The molecule has 1 saturated carbocycles. The first-order valence-electron chi connectivity index (χ1n) is 8.45. The molecular weight excluding hydrogens is 322 g/mol. The summed E-state index contributed by atoms with van der Waals surface area (Å²) in [7, 11) is 0. The van der Waals surface area contributed by atoms with Crippen LogP contribution in [0.4, 0.5) is 10.5 Å². The molecular formula is C17H21N5OS. The fourth-order valence-corrected chi connectivity index (χ4v) is 3.95. The van der Waals surface area contributed by atoms with Crippen molar-refractivity contribution in [2.75, 3.05) is 11.9 Å². The van der Waals surface area contributed by atoms with Gasteiger partial charge in [0, 0.05) is 17.8 Å². The molecule has 0 unspecified atom stereocenters. The van der Waals surface area contributed by atoms with Gasteiger partial charge in [-0.3, -0.25) is 0 Å². The number of thiazole rings is 1. The first kappa shape index (κ1) is 15.5. The largest absolute Gasteiger partial charge is 0.322 e. The molecule has 1 atom stereocenters. The van der Waals surface area contributed by atoms with E-state index in [1.165, 1.54) is 0 Å². The van der Waals surface area contributed by atoms with Crippen LogP contribution in [0.2, 0.25) is 0 Å². The minimum atomic E-state index is -0.0718. The van der Waals surface area contributed by atoms with Crippen LogP contribution in [-0.2, 0) is 0 Å². The van der Waals surface area contributed by atoms with Crippen LogP contribution in [0.5, 0.6) is 0 Å². The SMILES string of the molecule is Cc1ncc(NC(=O)N2CCC[C@H]2c2csc(C)n2)c(C2CC2)n1. The highest BCUT2D eigenvalue weighted by atomic mass is 32.1. The van der Waals surface area contributed by atoms with Gasteiger partial charge < -0.3 is 10.2 Å². The summed E-state index contributed by atoms with van der Waals surface area (Å²) in [5.41, 5.74) is 2.75. The van der Waals surface area contributed by atoms with Crippen LogP contribution in [0, 0.1) is 13.8 Å². The van der Waals surface area contributed by atoms with Gasteiger partial charge in [0.25, 0.3) is 0 Å². The average molecular weight is 343 g/mol. The van der Waals surface area contributed by atoms with Crippen LogP contribution in [0.3, 0.4) is 0 Å².